The molecule has 54 heavy (non-hydrogen) atoms. The van der Waals surface area contributed by atoms with Crippen molar-refractivity contribution in [3.8, 4) is 11.5 Å². The fourth-order valence-corrected chi connectivity index (χ4v) is 6.34. The molecule has 274 valence electrons. The van der Waals surface area contributed by atoms with E-state index >= 15 is 0 Å². The van der Waals surface area contributed by atoms with Crippen LogP contribution in [0, 0.1) is 0 Å². The van der Waals surface area contributed by atoms with Gasteiger partial charge in [0.2, 0.25) is 0 Å². The second-order valence-electron chi connectivity index (χ2n) is 11.7. The summed E-state index contributed by atoms with van der Waals surface area (Å²) in [6.45, 7) is 0. The van der Waals surface area contributed by atoms with Crippen LogP contribution in [-0.2, 0) is 29.8 Å². The number of carbonyl (C=O) groups excluding carboxylic acids is 4. The number of hydrogen-bond donors (Lipinski definition) is 8. The lowest BCUT2D eigenvalue weighted by molar-refractivity contribution is -0.132. The molecule has 0 aliphatic carbocycles. The third kappa shape index (κ3) is 8.27. The van der Waals surface area contributed by atoms with Gasteiger partial charge in [0.15, 0.2) is 0 Å². The molecule has 16 nitrogen and oxygen atoms in total. The Morgan fingerprint density at radius 3 is 1.09 bits per heavy atom. The number of nitrogens with one attached hydrogen (secondary N) is 4. The largest absolute Gasteiger partial charge is 0.507 e. The van der Waals surface area contributed by atoms with E-state index in [1.807, 2.05) is 0 Å². The van der Waals surface area contributed by atoms with Crippen molar-refractivity contribution in [2.45, 2.75) is 9.79 Å². The van der Waals surface area contributed by atoms with Crippen LogP contribution in [0.15, 0.2) is 119 Å². The highest BCUT2D eigenvalue weighted by molar-refractivity contribution is 7.86. The molecule has 0 spiro atoms. The molecule has 0 aliphatic rings. The molecule has 6 aromatic rings. The van der Waals surface area contributed by atoms with Crippen LogP contribution in [0.4, 0.5) is 22.7 Å². The Labute approximate surface area is 305 Å². The molecule has 0 saturated heterocycles. The number of aromatic hydroxyl groups is 2. The standard InChI is InChI=1S/C36H26N4O12S2/c41-31-17-27(53(47,48)49)13-21-5-11-25(15-29(21)31)39-33(43)19-1-7-23(8-2-19)37-35(45)36(46)38-24-9-3-20(4-10-24)34(44)40-26-12-6-22-14-28(54(50,51)52)18-32(42)30(22)16-26/h1-18,41-42H,(H,37,45)(H,38,46)(H,39,43)(H,40,44)(H,47,48,49)(H,50,51,52). The first-order chi connectivity index (χ1) is 25.4. The first-order valence-corrected chi connectivity index (χ1v) is 18.3. The summed E-state index contributed by atoms with van der Waals surface area (Å²) in [5.74, 6) is -4.00. The minimum Gasteiger partial charge on any atom is -0.507 e. The molecular formula is C36H26N4O12S2. The normalized spacial score (nSPS) is 11.5. The monoisotopic (exact) mass is 770 g/mol. The minimum absolute atomic E-state index is 0.181. The van der Waals surface area contributed by atoms with Crippen molar-refractivity contribution >= 4 is 88.2 Å². The van der Waals surface area contributed by atoms with Gasteiger partial charge in [0.1, 0.15) is 11.5 Å². The molecule has 18 heteroatoms. The number of rotatable bonds is 8. The van der Waals surface area contributed by atoms with Gasteiger partial charge in [0.25, 0.3) is 32.1 Å². The molecule has 0 unspecified atom stereocenters. The van der Waals surface area contributed by atoms with Crippen molar-refractivity contribution in [1.29, 1.82) is 0 Å². The van der Waals surface area contributed by atoms with Gasteiger partial charge in [-0.3, -0.25) is 28.3 Å². The number of amides is 4. The van der Waals surface area contributed by atoms with E-state index < -0.39 is 65.2 Å². The Bertz CT molecular complexity index is 2560. The molecule has 0 heterocycles. The summed E-state index contributed by atoms with van der Waals surface area (Å²) in [7, 11) is -9.09. The summed E-state index contributed by atoms with van der Waals surface area (Å²) >= 11 is 0. The molecule has 0 aromatic heterocycles. The Kier molecular flexibility index (Phi) is 9.76. The molecule has 0 aliphatic heterocycles. The van der Waals surface area contributed by atoms with Gasteiger partial charge < -0.3 is 31.5 Å². The maximum Gasteiger partial charge on any atom is 0.314 e. The lowest BCUT2D eigenvalue weighted by atomic mass is 10.1. The zero-order chi connectivity index (χ0) is 38.9. The van der Waals surface area contributed by atoms with Gasteiger partial charge in [-0.1, -0.05) is 12.1 Å². The van der Waals surface area contributed by atoms with Crippen molar-refractivity contribution in [2.24, 2.45) is 0 Å². The van der Waals surface area contributed by atoms with Crippen LogP contribution in [0.1, 0.15) is 20.7 Å². The van der Waals surface area contributed by atoms with E-state index in [1.54, 1.807) is 0 Å². The molecular weight excluding hydrogens is 745 g/mol. The number of carbonyl (C=O) groups is 4. The predicted molar refractivity (Wildman–Crippen MR) is 197 cm³/mol. The van der Waals surface area contributed by atoms with Crippen LogP contribution in [0.25, 0.3) is 21.5 Å². The highest BCUT2D eigenvalue weighted by Crippen LogP contribution is 2.32. The summed E-state index contributed by atoms with van der Waals surface area (Å²) in [6, 6.07) is 23.9. The third-order valence-electron chi connectivity index (χ3n) is 7.94. The highest BCUT2D eigenvalue weighted by Gasteiger charge is 2.18. The maximum absolute atomic E-state index is 12.8. The number of hydrogen-bond acceptors (Lipinski definition) is 10. The molecule has 0 atom stereocenters. The SMILES string of the molecule is O=C(Nc1ccc(C(=O)Nc2ccc3cc(S(=O)(=O)O)cc(O)c3c2)cc1)C(=O)Nc1ccc(C(=O)Nc2ccc3cc(S(=O)(=O)O)cc(O)c3c2)cc1. The van der Waals surface area contributed by atoms with Gasteiger partial charge in [0, 0.05) is 56.8 Å². The predicted octanol–water partition coefficient (Wildman–Crippen LogP) is 4.98. The van der Waals surface area contributed by atoms with E-state index in [0.29, 0.717) is 10.8 Å². The molecule has 4 amide bonds. The lowest BCUT2D eigenvalue weighted by Gasteiger charge is -2.10. The van der Waals surface area contributed by atoms with E-state index in [2.05, 4.69) is 21.3 Å². The Balaban J connectivity index is 1.02. The Hall–Kier alpha value is -6.86. The second-order valence-corrected chi connectivity index (χ2v) is 14.5. The molecule has 8 N–H and O–H groups in total. The van der Waals surface area contributed by atoms with Crippen molar-refractivity contribution in [3.63, 3.8) is 0 Å². The molecule has 0 saturated carbocycles. The van der Waals surface area contributed by atoms with Crippen molar-refractivity contribution in [3.05, 3.63) is 120 Å². The van der Waals surface area contributed by atoms with Gasteiger partial charge in [-0.25, -0.2) is 0 Å². The first-order valence-electron chi connectivity index (χ1n) is 15.4. The van der Waals surface area contributed by atoms with E-state index in [-0.39, 0.29) is 44.6 Å². The number of phenols is 2. The van der Waals surface area contributed by atoms with Crippen molar-refractivity contribution in [1.82, 2.24) is 0 Å². The average Bonchev–Trinajstić information content (AvgIpc) is 3.11. The van der Waals surface area contributed by atoms with Crippen LogP contribution in [-0.4, -0.2) is 59.8 Å². The van der Waals surface area contributed by atoms with E-state index in [4.69, 9.17) is 0 Å². The molecule has 0 fully saturated rings. The fraction of sp³-hybridized carbons (Fsp3) is 0. The second kappa shape index (κ2) is 14.3. The summed E-state index contributed by atoms with van der Waals surface area (Å²) < 4.78 is 64.2. The van der Waals surface area contributed by atoms with Crippen LogP contribution in [0.2, 0.25) is 0 Å². The van der Waals surface area contributed by atoms with Gasteiger partial charge >= 0.3 is 11.8 Å². The van der Waals surface area contributed by atoms with E-state index in [1.165, 1.54) is 97.1 Å². The lowest BCUT2D eigenvalue weighted by Crippen LogP contribution is -2.29. The van der Waals surface area contributed by atoms with Crippen LogP contribution >= 0.6 is 0 Å². The van der Waals surface area contributed by atoms with Gasteiger partial charge in [-0.05, 0) is 95.7 Å². The third-order valence-corrected chi connectivity index (χ3v) is 9.60. The summed E-state index contributed by atoms with van der Waals surface area (Å²) in [4.78, 5) is 49.8. The zero-order valence-electron chi connectivity index (χ0n) is 27.3. The fourth-order valence-electron chi connectivity index (χ4n) is 5.27. The van der Waals surface area contributed by atoms with Gasteiger partial charge in [0.05, 0.1) is 9.79 Å². The summed E-state index contributed by atoms with van der Waals surface area (Å²) in [5.41, 5.74) is 1.31. The summed E-state index contributed by atoms with van der Waals surface area (Å²) in [5, 5.41) is 31.7. The smallest absolute Gasteiger partial charge is 0.314 e. The number of phenolic OH excluding ortho intramolecular Hbond substituents is 2. The number of fused-ring (bicyclic) bond motifs is 2. The minimum atomic E-state index is -4.54. The van der Waals surface area contributed by atoms with E-state index in [0.717, 1.165) is 12.1 Å². The molecule has 6 rings (SSSR count). The van der Waals surface area contributed by atoms with E-state index in [9.17, 15) is 55.3 Å². The quantitative estimate of drug-likeness (QED) is 0.0753. The average molecular weight is 771 g/mol. The molecule has 0 radical (unpaired) electrons. The zero-order valence-corrected chi connectivity index (χ0v) is 28.9. The highest BCUT2D eigenvalue weighted by atomic mass is 32.2. The van der Waals surface area contributed by atoms with Crippen LogP contribution in [0.5, 0.6) is 11.5 Å². The molecule has 6 aromatic carbocycles. The maximum atomic E-state index is 12.8. The first kappa shape index (κ1) is 36.9. The Morgan fingerprint density at radius 1 is 0.426 bits per heavy atom. The topological polar surface area (TPSA) is 266 Å². The molecule has 0 bridgehead atoms. The number of benzene rings is 6. The van der Waals surface area contributed by atoms with Crippen molar-refractivity contribution in [2.75, 3.05) is 21.3 Å². The van der Waals surface area contributed by atoms with Crippen molar-refractivity contribution < 1.29 is 55.3 Å². The summed E-state index contributed by atoms with van der Waals surface area (Å²) in [6.07, 6.45) is 0. The van der Waals surface area contributed by atoms with Crippen LogP contribution < -0.4 is 21.3 Å². The van der Waals surface area contributed by atoms with Crippen LogP contribution in [0.3, 0.4) is 0 Å². The Morgan fingerprint density at radius 2 is 0.759 bits per heavy atom. The van der Waals surface area contributed by atoms with Gasteiger partial charge in [-0.2, -0.15) is 16.8 Å². The number of anilines is 4. The van der Waals surface area contributed by atoms with Gasteiger partial charge in [-0.15, -0.1) is 0 Å².